The number of fused-ring (bicyclic) bond motifs is 2. The summed E-state index contributed by atoms with van der Waals surface area (Å²) >= 11 is 7.74. The summed E-state index contributed by atoms with van der Waals surface area (Å²) in [6, 6.07) is 37.1. The molecule has 39 heavy (non-hydrogen) atoms. The van der Waals surface area contributed by atoms with Crippen molar-refractivity contribution < 1.29 is 15.3 Å². The fourth-order valence-corrected chi connectivity index (χ4v) is 5.93. The molecular formula is C32H30I2O3S2. The van der Waals surface area contributed by atoms with E-state index in [1.54, 1.807) is 54.7 Å². The summed E-state index contributed by atoms with van der Waals surface area (Å²) in [4.78, 5) is 2.40. The first-order valence-electron chi connectivity index (χ1n) is 12.2. The molecule has 0 aliphatic carbocycles. The van der Waals surface area contributed by atoms with Crippen molar-refractivity contribution in [3.8, 4) is 11.5 Å². The van der Waals surface area contributed by atoms with Crippen LogP contribution in [0.1, 0.15) is 41.2 Å². The van der Waals surface area contributed by atoms with Gasteiger partial charge in [0.2, 0.25) is 0 Å². The van der Waals surface area contributed by atoms with Crippen molar-refractivity contribution in [1.29, 1.82) is 0 Å². The molecule has 2 atom stereocenters. The van der Waals surface area contributed by atoms with Crippen LogP contribution in [0, 0.1) is 0 Å². The van der Waals surface area contributed by atoms with Crippen molar-refractivity contribution in [2.75, 3.05) is 0 Å². The number of aromatic hydroxyl groups is 2. The molecule has 2 aromatic heterocycles. The molecule has 7 heteroatoms. The third-order valence-corrected chi connectivity index (χ3v) is 8.46. The molecule has 0 aliphatic heterocycles. The molecular weight excluding hydrogens is 750 g/mol. The highest BCUT2D eigenvalue weighted by Crippen LogP contribution is 2.34. The van der Waals surface area contributed by atoms with E-state index in [9.17, 15) is 10.2 Å². The summed E-state index contributed by atoms with van der Waals surface area (Å²) in [7, 11) is 0. The maximum Gasteiger partial charge on any atom is 0.115 e. The average Bonchev–Trinajstić information content (AvgIpc) is 3.60. The molecule has 2 unspecified atom stereocenters. The van der Waals surface area contributed by atoms with Crippen LogP contribution >= 0.6 is 59.9 Å². The number of para-hydroxylation sites is 1. The highest BCUT2D eigenvalue weighted by atomic mass is 128. The van der Waals surface area contributed by atoms with E-state index in [0.717, 1.165) is 4.88 Å². The van der Waals surface area contributed by atoms with Crippen LogP contribution in [0.5, 0.6) is 11.5 Å². The quantitative estimate of drug-likeness (QED) is 0.157. The van der Waals surface area contributed by atoms with Crippen LogP contribution in [0.4, 0.5) is 0 Å². The van der Waals surface area contributed by atoms with Gasteiger partial charge in [-0.3, -0.25) is 0 Å². The van der Waals surface area contributed by atoms with Crippen LogP contribution in [0.2, 0.25) is 0 Å². The van der Waals surface area contributed by atoms with E-state index >= 15 is 0 Å². The van der Waals surface area contributed by atoms with Gasteiger partial charge in [0.1, 0.15) is 11.5 Å². The number of rotatable bonds is 3. The lowest BCUT2D eigenvalue weighted by Gasteiger charge is -2.09. The lowest BCUT2D eigenvalue weighted by atomic mass is 9.99. The van der Waals surface area contributed by atoms with Crippen LogP contribution in [0.25, 0.3) is 20.2 Å². The normalized spacial score (nSPS) is 11.7. The van der Waals surface area contributed by atoms with Crippen molar-refractivity contribution in [3.63, 3.8) is 0 Å². The predicted octanol–water partition coefficient (Wildman–Crippen LogP) is 10.9. The van der Waals surface area contributed by atoms with Crippen LogP contribution < -0.4 is 0 Å². The van der Waals surface area contributed by atoms with E-state index < -0.39 is 0 Å². The summed E-state index contributed by atoms with van der Waals surface area (Å²) < 4.78 is 2.58. The maximum absolute atomic E-state index is 9.34. The molecule has 0 spiro atoms. The molecule has 4 aromatic carbocycles. The largest absolute Gasteiger partial charge is 0.508 e. The molecule has 0 saturated heterocycles. The summed E-state index contributed by atoms with van der Waals surface area (Å²) in [6.45, 7) is 4.00. The minimum absolute atomic E-state index is 0.322. The Morgan fingerprint density at radius 1 is 0.564 bits per heavy atom. The Labute approximate surface area is 261 Å². The van der Waals surface area contributed by atoms with Gasteiger partial charge in [-0.25, -0.2) is 0 Å². The molecule has 3 nitrogen and oxygen atoms in total. The number of aliphatic hydroxyl groups is 1. The minimum atomic E-state index is -0.345. The van der Waals surface area contributed by atoms with Gasteiger partial charge in [0, 0.05) is 62.3 Å². The van der Waals surface area contributed by atoms with Crippen molar-refractivity contribution in [1.82, 2.24) is 0 Å². The van der Waals surface area contributed by atoms with Crippen LogP contribution in [-0.4, -0.2) is 15.3 Å². The predicted molar refractivity (Wildman–Crippen MR) is 186 cm³/mol. The number of hydrogen-bond acceptors (Lipinski definition) is 5. The third kappa shape index (κ3) is 9.46. The van der Waals surface area contributed by atoms with Gasteiger partial charge in [0.25, 0.3) is 0 Å². The molecule has 0 amide bonds. The molecule has 2 heterocycles. The molecule has 0 radical (unpaired) electrons. The van der Waals surface area contributed by atoms with E-state index in [-0.39, 0.29) is 6.10 Å². The number of hydrogen-bond donors (Lipinski definition) is 3. The minimum Gasteiger partial charge on any atom is -0.508 e. The van der Waals surface area contributed by atoms with Crippen LogP contribution in [0.15, 0.2) is 115 Å². The Hall–Kier alpha value is -2.18. The Morgan fingerprint density at radius 2 is 1.00 bits per heavy atom. The Morgan fingerprint density at radius 3 is 1.46 bits per heavy atom. The van der Waals surface area contributed by atoms with Gasteiger partial charge in [0.15, 0.2) is 0 Å². The van der Waals surface area contributed by atoms with Gasteiger partial charge in [-0.1, -0.05) is 73.7 Å². The fourth-order valence-electron chi connectivity index (χ4n) is 3.78. The first-order chi connectivity index (χ1) is 18.9. The molecule has 3 N–H and O–H groups in total. The lowest BCUT2D eigenvalue weighted by Crippen LogP contribution is -1.91. The summed E-state index contributed by atoms with van der Waals surface area (Å²) in [5, 5.41) is 29.8. The molecule has 6 rings (SSSR count). The lowest BCUT2D eigenvalue weighted by molar-refractivity contribution is 0.203. The molecule has 202 valence electrons. The zero-order valence-corrected chi connectivity index (χ0v) is 27.5. The van der Waals surface area contributed by atoms with E-state index in [2.05, 4.69) is 86.6 Å². The first kappa shape index (κ1) is 31.3. The van der Waals surface area contributed by atoms with Gasteiger partial charge in [-0.2, -0.15) is 0 Å². The second-order valence-electron chi connectivity index (χ2n) is 8.70. The van der Waals surface area contributed by atoms with Gasteiger partial charge in [-0.15, -0.1) is 22.7 Å². The second kappa shape index (κ2) is 16.2. The SMILES string of the molecule is CC(O)c1cc2ccccc2s1.CC(c1ccc(O)cc1)c1cc2ccccc2s1.II.Oc1ccccc1. The van der Waals surface area contributed by atoms with Gasteiger partial charge in [-0.05, 0) is 71.8 Å². The van der Waals surface area contributed by atoms with Gasteiger partial charge < -0.3 is 15.3 Å². The number of benzene rings is 4. The highest BCUT2D eigenvalue weighted by Gasteiger charge is 2.11. The average molecular weight is 781 g/mol. The standard InChI is InChI=1S/C16H14OS.C10H10OS.C6H6O.I2/c1-11(12-6-8-14(17)9-7-12)16-10-13-4-2-3-5-15(13)18-16;1-7(11)10-6-8-4-2-3-5-9(8)12-10;7-6-4-2-1-3-5-6;1-2/h2-11,17H,1H3;2-7,11H,1H3;1-5,7H;. The number of phenolic OH excluding ortho intramolecular Hbond substituents is 2. The van der Waals surface area contributed by atoms with Crippen molar-refractivity contribution in [2.45, 2.75) is 25.9 Å². The number of phenols is 2. The summed E-state index contributed by atoms with van der Waals surface area (Å²) in [5.41, 5.74) is 1.24. The van der Waals surface area contributed by atoms with E-state index in [1.807, 2.05) is 47.7 Å². The van der Waals surface area contributed by atoms with Crippen molar-refractivity contribution in [3.05, 3.63) is 131 Å². The fraction of sp³-hybridized carbons (Fsp3) is 0.125. The number of aliphatic hydroxyl groups excluding tert-OH is 1. The molecule has 0 aliphatic rings. The summed E-state index contributed by atoms with van der Waals surface area (Å²) in [6.07, 6.45) is -0.345. The zero-order chi connectivity index (χ0) is 28.2. The molecule has 0 fully saturated rings. The van der Waals surface area contributed by atoms with E-state index in [1.165, 1.54) is 30.6 Å². The highest BCUT2D eigenvalue weighted by molar-refractivity contribution is 15.0. The van der Waals surface area contributed by atoms with E-state index in [4.69, 9.17) is 5.11 Å². The Bertz CT molecular complexity index is 1480. The second-order valence-corrected chi connectivity index (χ2v) is 10.9. The van der Waals surface area contributed by atoms with Crippen molar-refractivity contribution in [2.24, 2.45) is 0 Å². The summed E-state index contributed by atoms with van der Waals surface area (Å²) in [5.74, 6) is 1.01. The smallest absolute Gasteiger partial charge is 0.115 e. The number of thiophene rings is 2. The van der Waals surface area contributed by atoms with Crippen LogP contribution in [-0.2, 0) is 0 Å². The van der Waals surface area contributed by atoms with E-state index in [0.29, 0.717) is 17.4 Å². The molecule has 6 aromatic rings. The Kier molecular flexibility index (Phi) is 13.0. The number of halogens is 2. The first-order valence-corrected chi connectivity index (χ1v) is 20.1. The van der Waals surface area contributed by atoms with Gasteiger partial charge >= 0.3 is 0 Å². The third-order valence-electron chi connectivity index (χ3n) is 5.88. The van der Waals surface area contributed by atoms with Crippen molar-refractivity contribution >= 4 is 80.1 Å². The molecule has 0 saturated carbocycles. The zero-order valence-electron chi connectivity index (χ0n) is 21.5. The Balaban J connectivity index is 0.000000172. The van der Waals surface area contributed by atoms with Crippen LogP contribution in [0.3, 0.4) is 0 Å². The van der Waals surface area contributed by atoms with Gasteiger partial charge in [0.05, 0.1) is 6.10 Å². The maximum atomic E-state index is 9.34. The molecule has 0 bridgehead atoms. The topological polar surface area (TPSA) is 60.7 Å². The monoisotopic (exact) mass is 780 g/mol.